The summed E-state index contributed by atoms with van der Waals surface area (Å²) in [7, 11) is 0. The van der Waals surface area contributed by atoms with Crippen molar-refractivity contribution in [2.45, 2.75) is 20.0 Å². The van der Waals surface area contributed by atoms with E-state index in [1.54, 1.807) is 11.5 Å². The largest absolute Gasteiger partial charge is 0.503 e. The molecule has 0 amide bonds. The van der Waals surface area contributed by atoms with Gasteiger partial charge in [-0.15, -0.1) is 0 Å². The van der Waals surface area contributed by atoms with Crippen molar-refractivity contribution in [2.75, 3.05) is 0 Å². The first kappa shape index (κ1) is 16.0. The van der Waals surface area contributed by atoms with Crippen LogP contribution < -0.4 is 5.43 Å². The molecular formula is C20H19NO3. The lowest BCUT2D eigenvalue weighted by Crippen LogP contribution is -2.13. The van der Waals surface area contributed by atoms with Crippen LogP contribution in [-0.2, 0) is 0 Å². The highest BCUT2D eigenvalue weighted by atomic mass is 16.3. The van der Waals surface area contributed by atoms with Crippen molar-refractivity contribution in [1.29, 1.82) is 0 Å². The minimum atomic E-state index is -0.834. The van der Waals surface area contributed by atoms with E-state index < -0.39 is 11.5 Å². The lowest BCUT2D eigenvalue weighted by Gasteiger charge is -2.17. The molecule has 2 aromatic carbocycles. The van der Waals surface area contributed by atoms with Crippen LogP contribution in [0.2, 0.25) is 0 Å². The van der Waals surface area contributed by atoms with Gasteiger partial charge in [-0.2, -0.15) is 0 Å². The van der Waals surface area contributed by atoms with Gasteiger partial charge in [0.15, 0.2) is 5.75 Å². The highest BCUT2D eigenvalue weighted by molar-refractivity contribution is 5.69. The van der Waals surface area contributed by atoms with Gasteiger partial charge in [0.25, 0.3) is 0 Å². The number of aromatic nitrogens is 1. The van der Waals surface area contributed by atoms with E-state index in [9.17, 15) is 15.0 Å². The van der Waals surface area contributed by atoms with E-state index in [1.165, 1.54) is 12.3 Å². The molecule has 0 aliphatic carbocycles. The van der Waals surface area contributed by atoms with Gasteiger partial charge in [-0.25, -0.2) is 0 Å². The van der Waals surface area contributed by atoms with E-state index in [0.717, 1.165) is 22.4 Å². The molecule has 0 fully saturated rings. The summed E-state index contributed by atoms with van der Waals surface area (Å²) in [6.07, 6.45) is 0.517. The van der Waals surface area contributed by atoms with E-state index in [2.05, 4.69) is 0 Å². The molecule has 4 heteroatoms. The van der Waals surface area contributed by atoms with Gasteiger partial charge in [-0.3, -0.25) is 4.79 Å². The number of nitrogens with zero attached hydrogens (tertiary/aromatic N) is 1. The average molecular weight is 321 g/mol. The maximum Gasteiger partial charge on any atom is 0.223 e. The first-order valence-electron chi connectivity index (χ1n) is 7.77. The first-order valence-corrected chi connectivity index (χ1v) is 7.77. The van der Waals surface area contributed by atoms with Gasteiger partial charge in [0.2, 0.25) is 5.43 Å². The summed E-state index contributed by atoms with van der Waals surface area (Å²) in [5.41, 5.74) is 3.96. The van der Waals surface area contributed by atoms with Crippen LogP contribution in [0.25, 0.3) is 16.8 Å². The zero-order chi connectivity index (χ0) is 17.3. The molecule has 0 spiro atoms. The van der Waals surface area contributed by atoms with Crippen molar-refractivity contribution in [3.63, 3.8) is 0 Å². The maximum atomic E-state index is 11.7. The highest BCUT2D eigenvalue weighted by Gasteiger charge is 2.13. The van der Waals surface area contributed by atoms with Gasteiger partial charge in [0.05, 0.1) is 18.0 Å². The number of benzene rings is 2. The van der Waals surface area contributed by atoms with Gasteiger partial charge in [-0.1, -0.05) is 36.4 Å². The average Bonchev–Trinajstić information content (AvgIpc) is 2.58. The molecule has 1 atom stereocenters. The molecule has 0 radical (unpaired) electrons. The molecule has 1 aromatic heterocycles. The van der Waals surface area contributed by atoms with Gasteiger partial charge in [0.1, 0.15) is 0 Å². The lowest BCUT2D eigenvalue weighted by molar-refractivity contribution is 0.191. The molecule has 0 aliphatic rings. The Morgan fingerprint density at radius 2 is 1.75 bits per heavy atom. The fourth-order valence-corrected chi connectivity index (χ4v) is 2.77. The number of aliphatic hydroxyl groups excluding tert-OH is 1. The van der Waals surface area contributed by atoms with Crippen LogP contribution in [0.3, 0.4) is 0 Å². The molecule has 1 unspecified atom stereocenters. The molecule has 3 rings (SSSR count). The summed E-state index contributed by atoms with van der Waals surface area (Å²) >= 11 is 0. The summed E-state index contributed by atoms with van der Waals surface area (Å²) in [6, 6.07) is 17.1. The Morgan fingerprint density at radius 3 is 2.42 bits per heavy atom. The van der Waals surface area contributed by atoms with Crippen molar-refractivity contribution in [1.82, 2.24) is 4.57 Å². The van der Waals surface area contributed by atoms with Gasteiger partial charge >= 0.3 is 0 Å². The van der Waals surface area contributed by atoms with Crippen molar-refractivity contribution >= 4 is 0 Å². The Hall–Kier alpha value is -2.85. The Morgan fingerprint density at radius 1 is 1.04 bits per heavy atom. The van der Waals surface area contributed by atoms with Crippen LogP contribution in [0.5, 0.6) is 5.75 Å². The fourth-order valence-electron chi connectivity index (χ4n) is 2.77. The van der Waals surface area contributed by atoms with Gasteiger partial charge in [-0.05, 0) is 42.7 Å². The van der Waals surface area contributed by atoms with Crippen LogP contribution in [0.15, 0.2) is 65.6 Å². The Balaban J connectivity index is 2.22. The molecule has 122 valence electrons. The molecule has 0 saturated carbocycles. The van der Waals surface area contributed by atoms with Crippen LogP contribution >= 0.6 is 0 Å². The third-order valence-electron chi connectivity index (χ3n) is 4.07. The molecular weight excluding hydrogens is 302 g/mol. The smallest absolute Gasteiger partial charge is 0.223 e. The van der Waals surface area contributed by atoms with Gasteiger partial charge < -0.3 is 14.8 Å². The predicted molar refractivity (Wildman–Crippen MR) is 94.5 cm³/mol. The number of aromatic hydroxyl groups is 1. The number of rotatable bonds is 3. The molecule has 0 aliphatic heterocycles. The Labute approximate surface area is 140 Å². The summed E-state index contributed by atoms with van der Waals surface area (Å²) in [6.45, 7) is 3.62. The number of hydrogen-bond acceptors (Lipinski definition) is 3. The normalized spacial score (nSPS) is 12.1. The Kier molecular flexibility index (Phi) is 4.23. The Bertz CT molecular complexity index is 927. The first-order chi connectivity index (χ1) is 11.5. The van der Waals surface area contributed by atoms with Crippen LogP contribution in [0, 0.1) is 6.92 Å². The summed E-state index contributed by atoms with van der Waals surface area (Å²) < 4.78 is 1.65. The van der Waals surface area contributed by atoms with E-state index >= 15 is 0 Å². The standard InChI is InChI=1S/C20H19NO3/c1-13-8-9-16(10-17(13)15-6-4-3-5-7-15)21-12-20(24)19(23)11-18(21)14(2)22/h3-12,14,22,24H,1-2H3. The number of aryl methyl sites for hydroxylation is 1. The maximum absolute atomic E-state index is 11.7. The van der Waals surface area contributed by atoms with E-state index in [1.807, 2.05) is 55.5 Å². The fraction of sp³-hybridized carbons (Fsp3) is 0.150. The molecule has 3 aromatic rings. The lowest BCUT2D eigenvalue weighted by atomic mass is 9.99. The molecule has 24 heavy (non-hydrogen) atoms. The topological polar surface area (TPSA) is 62.5 Å². The summed E-state index contributed by atoms with van der Waals surface area (Å²) in [4.78, 5) is 11.7. The predicted octanol–water partition coefficient (Wildman–Crippen LogP) is 3.57. The van der Waals surface area contributed by atoms with Gasteiger partial charge in [0, 0.05) is 11.8 Å². The van der Waals surface area contributed by atoms with Crippen molar-refractivity contribution in [3.8, 4) is 22.6 Å². The third kappa shape index (κ3) is 2.96. The molecule has 2 N–H and O–H groups in total. The van der Waals surface area contributed by atoms with Crippen molar-refractivity contribution in [2.24, 2.45) is 0 Å². The van der Waals surface area contributed by atoms with E-state index in [-0.39, 0.29) is 5.75 Å². The van der Waals surface area contributed by atoms with E-state index in [0.29, 0.717) is 5.69 Å². The molecule has 1 heterocycles. The highest BCUT2D eigenvalue weighted by Crippen LogP contribution is 2.27. The number of aliphatic hydroxyl groups is 1. The number of hydrogen-bond donors (Lipinski definition) is 2. The zero-order valence-corrected chi connectivity index (χ0v) is 13.6. The van der Waals surface area contributed by atoms with Crippen LogP contribution in [-0.4, -0.2) is 14.8 Å². The second kappa shape index (κ2) is 6.34. The zero-order valence-electron chi connectivity index (χ0n) is 13.6. The van der Waals surface area contributed by atoms with E-state index in [4.69, 9.17) is 0 Å². The quantitative estimate of drug-likeness (QED) is 0.775. The number of pyridine rings is 1. The summed E-state index contributed by atoms with van der Waals surface area (Å²) in [5, 5.41) is 19.8. The SMILES string of the molecule is Cc1ccc(-n2cc(O)c(=O)cc2C(C)O)cc1-c1ccccc1. The monoisotopic (exact) mass is 321 g/mol. The van der Waals surface area contributed by atoms with Crippen LogP contribution in [0.4, 0.5) is 0 Å². The molecule has 0 saturated heterocycles. The second-order valence-corrected chi connectivity index (χ2v) is 5.86. The minimum absolute atomic E-state index is 0.346. The molecule has 4 nitrogen and oxygen atoms in total. The minimum Gasteiger partial charge on any atom is -0.503 e. The van der Waals surface area contributed by atoms with Crippen LogP contribution in [0.1, 0.15) is 24.3 Å². The second-order valence-electron chi connectivity index (χ2n) is 5.86. The summed E-state index contributed by atoms with van der Waals surface area (Å²) in [5.74, 6) is -0.346. The molecule has 0 bridgehead atoms. The van der Waals surface area contributed by atoms with Crippen molar-refractivity contribution in [3.05, 3.63) is 82.3 Å². The third-order valence-corrected chi connectivity index (χ3v) is 4.07. The van der Waals surface area contributed by atoms with Crippen molar-refractivity contribution < 1.29 is 10.2 Å².